The zero-order valence-electron chi connectivity index (χ0n) is 15.4. The molecule has 3 N–H and O–H groups in total. The van der Waals surface area contributed by atoms with Gasteiger partial charge in [-0.25, -0.2) is 9.18 Å². The van der Waals surface area contributed by atoms with Crippen molar-refractivity contribution in [2.45, 2.75) is 38.4 Å². The molecule has 0 bridgehead atoms. The second-order valence-corrected chi connectivity index (χ2v) is 6.84. The van der Waals surface area contributed by atoms with E-state index < -0.39 is 18.1 Å². The van der Waals surface area contributed by atoms with Crippen LogP contribution in [0.4, 0.5) is 10.1 Å². The molecule has 0 saturated carbocycles. The molecule has 3 rings (SSSR count). The third-order valence-corrected chi connectivity index (χ3v) is 5.15. The quantitative estimate of drug-likeness (QED) is 0.799. The van der Waals surface area contributed by atoms with Crippen LogP contribution in [0.1, 0.15) is 30.1 Å². The minimum atomic E-state index is -1.34. The first-order chi connectivity index (χ1) is 12.9. The van der Waals surface area contributed by atoms with Gasteiger partial charge >= 0.3 is 5.97 Å². The van der Waals surface area contributed by atoms with Crippen molar-refractivity contribution >= 4 is 22.6 Å². The van der Waals surface area contributed by atoms with E-state index in [0.717, 1.165) is 25.1 Å². The SMILES string of the molecule is COc1c(N2CCCC2C(C)N)ccc2c(=O)c(C(=O)O)cn(CCF)c12. The Kier molecular flexibility index (Phi) is 5.36. The minimum absolute atomic E-state index is 0.0460. The van der Waals surface area contributed by atoms with Gasteiger partial charge in [0.1, 0.15) is 12.2 Å². The number of halogens is 1. The van der Waals surface area contributed by atoms with Gasteiger partial charge in [-0.2, -0.15) is 0 Å². The summed E-state index contributed by atoms with van der Waals surface area (Å²) in [6, 6.07) is 3.44. The summed E-state index contributed by atoms with van der Waals surface area (Å²) in [6.45, 7) is 1.98. The van der Waals surface area contributed by atoms with E-state index in [1.54, 1.807) is 12.1 Å². The van der Waals surface area contributed by atoms with E-state index in [-0.39, 0.29) is 29.6 Å². The fraction of sp³-hybridized carbons (Fsp3) is 0.474. The summed E-state index contributed by atoms with van der Waals surface area (Å²) in [5.41, 5.74) is 6.31. The molecule has 8 heteroatoms. The fourth-order valence-electron chi connectivity index (χ4n) is 3.94. The summed E-state index contributed by atoms with van der Waals surface area (Å²) in [5.74, 6) is -0.906. The summed E-state index contributed by atoms with van der Waals surface area (Å²) >= 11 is 0. The van der Waals surface area contributed by atoms with Crippen LogP contribution in [0.15, 0.2) is 23.1 Å². The number of aromatic carboxylic acids is 1. The number of pyridine rings is 1. The molecule has 2 unspecified atom stereocenters. The largest absolute Gasteiger partial charge is 0.492 e. The molecule has 1 aromatic heterocycles. The zero-order valence-corrected chi connectivity index (χ0v) is 15.4. The Labute approximate surface area is 156 Å². The number of carboxylic acid groups (broad SMARTS) is 1. The smallest absolute Gasteiger partial charge is 0.341 e. The lowest BCUT2D eigenvalue weighted by Crippen LogP contribution is -2.42. The summed E-state index contributed by atoms with van der Waals surface area (Å²) < 4.78 is 20.2. The van der Waals surface area contributed by atoms with Gasteiger partial charge in [-0.3, -0.25) is 4.79 Å². The number of anilines is 1. The van der Waals surface area contributed by atoms with Crippen molar-refractivity contribution in [3.8, 4) is 5.75 Å². The number of fused-ring (bicyclic) bond motifs is 1. The maximum absolute atomic E-state index is 13.1. The van der Waals surface area contributed by atoms with Gasteiger partial charge in [0.15, 0.2) is 5.75 Å². The zero-order chi connectivity index (χ0) is 19.7. The lowest BCUT2D eigenvalue weighted by molar-refractivity contribution is 0.0694. The number of hydrogen-bond acceptors (Lipinski definition) is 5. The van der Waals surface area contributed by atoms with Gasteiger partial charge in [0.25, 0.3) is 0 Å². The number of carbonyl (C=O) groups is 1. The number of aromatic nitrogens is 1. The predicted molar refractivity (Wildman–Crippen MR) is 102 cm³/mol. The number of alkyl halides is 1. The Morgan fingerprint density at radius 3 is 2.81 bits per heavy atom. The second-order valence-electron chi connectivity index (χ2n) is 6.84. The molecule has 0 amide bonds. The highest BCUT2D eigenvalue weighted by atomic mass is 19.1. The van der Waals surface area contributed by atoms with E-state index in [1.807, 2.05) is 6.92 Å². The third-order valence-electron chi connectivity index (χ3n) is 5.15. The molecule has 0 radical (unpaired) electrons. The van der Waals surface area contributed by atoms with Crippen LogP contribution in [-0.4, -0.2) is 48.1 Å². The van der Waals surface area contributed by atoms with E-state index in [0.29, 0.717) is 11.3 Å². The van der Waals surface area contributed by atoms with Crippen molar-refractivity contribution in [2.75, 3.05) is 25.2 Å². The Hall–Kier alpha value is -2.61. The molecule has 1 saturated heterocycles. The van der Waals surface area contributed by atoms with Gasteiger partial charge < -0.3 is 25.0 Å². The summed E-state index contributed by atoms with van der Waals surface area (Å²) in [4.78, 5) is 26.2. The highest BCUT2D eigenvalue weighted by Gasteiger charge is 2.31. The molecule has 2 aromatic rings. The van der Waals surface area contributed by atoms with Gasteiger partial charge in [-0.05, 0) is 31.9 Å². The van der Waals surface area contributed by atoms with Crippen molar-refractivity contribution in [3.05, 3.63) is 34.1 Å². The van der Waals surface area contributed by atoms with E-state index in [4.69, 9.17) is 10.5 Å². The number of rotatable bonds is 6. The monoisotopic (exact) mass is 377 g/mol. The molecule has 146 valence electrons. The highest BCUT2D eigenvalue weighted by Crippen LogP contribution is 2.39. The Morgan fingerprint density at radius 2 is 2.22 bits per heavy atom. The number of aryl methyl sites for hydroxylation is 1. The number of methoxy groups -OCH3 is 1. The lowest BCUT2D eigenvalue weighted by atomic mass is 10.1. The van der Waals surface area contributed by atoms with Crippen molar-refractivity contribution in [1.82, 2.24) is 4.57 Å². The highest BCUT2D eigenvalue weighted by molar-refractivity contribution is 5.96. The summed E-state index contributed by atoms with van der Waals surface area (Å²) in [7, 11) is 1.49. The topological polar surface area (TPSA) is 97.8 Å². The number of nitrogens with zero attached hydrogens (tertiary/aromatic N) is 2. The first-order valence-corrected chi connectivity index (χ1v) is 8.96. The normalized spacial score (nSPS) is 18.1. The van der Waals surface area contributed by atoms with Crippen molar-refractivity contribution in [3.63, 3.8) is 0 Å². The number of benzene rings is 1. The van der Waals surface area contributed by atoms with Crippen molar-refractivity contribution in [2.24, 2.45) is 5.73 Å². The van der Waals surface area contributed by atoms with E-state index >= 15 is 0 Å². The minimum Gasteiger partial charge on any atom is -0.492 e. The standard InChI is InChI=1S/C19H24FN3O4/c1-11(21)14-4-3-8-23(14)15-6-5-12-16(18(15)27-2)22(9-7-20)10-13(17(12)24)19(25)26/h5-6,10-11,14H,3-4,7-9,21H2,1-2H3,(H,25,26). The van der Waals surface area contributed by atoms with Gasteiger partial charge in [-0.15, -0.1) is 0 Å². The molecule has 1 fully saturated rings. The Balaban J connectivity index is 2.30. The molecule has 0 aliphatic carbocycles. The molecule has 7 nitrogen and oxygen atoms in total. The third kappa shape index (κ3) is 3.25. The van der Waals surface area contributed by atoms with Crippen LogP contribution in [0.2, 0.25) is 0 Å². The molecule has 2 heterocycles. The van der Waals surface area contributed by atoms with Gasteiger partial charge in [-0.1, -0.05) is 0 Å². The van der Waals surface area contributed by atoms with Crippen LogP contribution in [0.5, 0.6) is 5.75 Å². The number of hydrogen-bond donors (Lipinski definition) is 2. The maximum Gasteiger partial charge on any atom is 0.341 e. The van der Waals surface area contributed by atoms with Gasteiger partial charge in [0.2, 0.25) is 5.43 Å². The summed E-state index contributed by atoms with van der Waals surface area (Å²) in [6.07, 6.45) is 3.13. The maximum atomic E-state index is 13.1. The number of ether oxygens (including phenoxy) is 1. The van der Waals surface area contributed by atoms with Crippen LogP contribution < -0.4 is 20.8 Å². The lowest BCUT2D eigenvalue weighted by Gasteiger charge is -2.31. The fourth-order valence-corrected chi connectivity index (χ4v) is 3.94. The van der Waals surface area contributed by atoms with E-state index in [1.165, 1.54) is 17.9 Å². The number of carboxylic acids is 1. The predicted octanol–water partition coefficient (Wildman–Crippen LogP) is 1.99. The summed E-state index contributed by atoms with van der Waals surface area (Å²) in [5, 5.41) is 9.50. The van der Waals surface area contributed by atoms with Gasteiger partial charge in [0.05, 0.1) is 30.2 Å². The average Bonchev–Trinajstić information content (AvgIpc) is 3.12. The second kappa shape index (κ2) is 7.56. The molecule has 27 heavy (non-hydrogen) atoms. The molecular weight excluding hydrogens is 353 g/mol. The van der Waals surface area contributed by atoms with Crippen LogP contribution in [-0.2, 0) is 6.54 Å². The molecular formula is C19H24FN3O4. The molecule has 1 aromatic carbocycles. The number of nitrogens with two attached hydrogens (primary N) is 1. The van der Waals surface area contributed by atoms with Crippen molar-refractivity contribution < 1.29 is 19.0 Å². The molecule has 0 spiro atoms. The van der Waals surface area contributed by atoms with E-state index in [2.05, 4.69) is 4.90 Å². The van der Waals surface area contributed by atoms with Crippen LogP contribution in [0.25, 0.3) is 10.9 Å². The van der Waals surface area contributed by atoms with Crippen LogP contribution in [0, 0.1) is 0 Å². The first-order valence-electron chi connectivity index (χ1n) is 8.96. The Morgan fingerprint density at radius 1 is 1.48 bits per heavy atom. The van der Waals surface area contributed by atoms with Crippen LogP contribution >= 0.6 is 0 Å². The molecule has 1 aliphatic heterocycles. The van der Waals surface area contributed by atoms with Crippen molar-refractivity contribution in [1.29, 1.82) is 0 Å². The van der Waals surface area contributed by atoms with Crippen LogP contribution in [0.3, 0.4) is 0 Å². The first kappa shape index (κ1) is 19.2. The molecule has 2 atom stereocenters. The van der Waals surface area contributed by atoms with Gasteiger partial charge in [0, 0.05) is 24.8 Å². The van der Waals surface area contributed by atoms with E-state index in [9.17, 15) is 19.1 Å². The Bertz CT molecular complexity index is 925. The molecule has 1 aliphatic rings. The average molecular weight is 377 g/mol.